The zero-order valence-corrected chi connectivity index (χ0v) is 17.5. The van der Waals surface area contributed by atoms with Crippen LogP contribution in [0.1, 0.15) is 20.9 Å². The molecule has 4 rings (SSSR count). The van der Waals surface area contributed by atoms with Crippen LogP contribution in [0.15, 0.2) is 54.7 Å². The average molecular weight is 422 g/mol. The fourth-order valence-corrected chi connectivity index (χ4v) is 4.03. The molecule has 7 heteroatoms. The lowest BCUT2D eigenvalue weighted by Gasteiger charge is -2.08. The minimum Gasteiger partial charge on any atom is -0.493 e. The molecule has 4 aromatic rings. The third-order valence-corrected chi connectivity index (χ3v) is 5.56. The summed E-state index contributed by atoms with van der Waals surface area (Å²) in [4.78, 5) is 19.4. The van der Waals surface area contributed by atoms with Gasteiger partial charge in [-0.2, -0.15) is 0 Å². The summed E-state index contributed by atoms with van der Waals surface area (Å²) >= 11 is 1.55. The molecular formula is C23H19FN2O3S. The third-order valence-electron chi connectivity index (χ3n) is 4.66. The van der Waals surface area contributed by atoms with Crippen molar-refractivity contribution in [2.24, 2.45) is 0 Å². The number of hydrogen-bond acceptors (Lipinski definition) is 5. The summed E-state index contributed by atoms with van der Waals surface area (Å²) in [6, 6.07) is 11.2. The molecule has 2 aromatic heterocycles. The minimum atomic E-state index is -0.309. The van der Waals surface area contributed by atoms with Crippen LogP contribution < -0.4 is 9.47 Å². The van der Waals surface area contributed by atoms with Gasteiger partial charge in [0.2, 0.25) is 0 Å². The number of imidazole rings is 1. The molecule has 2 heterocycles. The van der Waals surface area contributed by atoms with Gasteiger partial charge in [0.15, 0.2) is 22.2 Å². The molecule has 0 aliphatic heterocycles. The van der Waals surface area contributed by atoms with Crippen molar-refractivity contribution in [1.29, 1.82) is 0 Å². The second kappa shape index (κ2) is 8.12. The lowest BCUT2D eigenvalue weighted by molar-refractivity contribution is 0.104. The monoisotopic (exact) mass is 422 g/mol. The Labute approximate surface area is 177 Å². The number of rotatable bonds is 6. The van der Waals surface area contributed by atoms with Crippen molar-refractivity contribution >= 4 is 28.2 Å². The van der Waals surface area contributed by atoms with E-state index < -0.39 is 0 Å². The van der Waals surface area contributed by atoms with E-state index in [9.17, 15) is 9.18 Å². The lowest BCUT2D eigenvalue weighted by atomic mass is 10.1. The maximum Gasteiger partial charge on any atom is 0.194 e. The predicted molar refractivity (Wildman–Crippen MR) is 116 cm³/mol. The number of benzene rings is 2. The maximum atomic E-state index is 13.4. The minimum absolute atomic E-state index is 0.178. The summed E-state index contributed by atoms with van der Waals surface area (Å²) in [6.07, 6.45) is 5.22. The van der Waals surface area contributed by atoms with Crippen molar-refractivity contribution in [2.45, 2.75) is 6.92 Å². The number of allylic oxidation sites excluding steroid dienone is 1. The molecule has 0 bridgehead atoms. The van der Waals surface area contributed by atoms with Gasteiger partial charge in [-0.3, -0.25) is 9.20 Å². The lowest BCUT2D eigenvalue weighted by Crippen LogP contribution is -1.98. The highest BCUT2D eigenvalue weighted by Crippen LogP contribution is 2.30. The first-order chi connectivity index (χ1) is 14.5. The number of aryl methyl sites for hydroxylation is 1. The smallest absolute Gasteiger partial charge is 0.194 e. The topological polar surface area (TPSA) is 52.8 Å². The van der Waals surface area contributed by atoms with E-state index >= 15 is 0 Å². The van der Waals surface area contributed by atoms with Gasteiger partial charge in [0.1, 0.15) is 5.82 Å². The largest absolute Gasteiger partial charge is 0.493 e. The van der Waals surface area contributed by atoms with E-state index in [-0.39, 0.29) is 11.6 Å². The van der Waals surface area contributed by atoms with Crippen molar-refractivity contribution in [1.82, 2.24) is 9.38 Å². The van der Waals surface area contributed by atoms with Gasteiger partial charge in [-0.15, -0.1) is 11.3 Å². The predicted octanol–water partition coefficient (Wildman–Crippen LogP) is 5.42. The van der Waals surface area contributed by atoms with Crippen LogP contribution in [0.25, 0.3) is 22.3 Å². The number of carbonyl (C=O) groups is 1. The number of halogens is 1. The summed E-state index contributed by atoms with van der Waals surface area (Å²) in [5.41, 5.74) is 2.71. The molecule has 0 aliphatic carbocycles. The molecule has 0 N–H and O–H groups in total. The van der Waals surface area contributed by atoms with E-state index in [0.717, 1.165) is 21.1 Å². The second-order valence-electron chi connectivity index (χ2n) is 6.61. The molecule has 0 unspecified atom stereocenters. The number of nitrogens with zero attached hydrogens (tertiary/aromatic N) is 2. The van der Waals surface area contributed by atoms with Crippen LogP contribution in [-0.2, 0) is 0 Å². The SMILES string of the molecule is COc1ccc(C(=O)/C=C/c2c(-c3ccc(F)cc3)nc3sc(C)cn23)cc1OC. The number of carbonyl (C=O) groups excluding carboxylic acids is 1. The number of ketones is 1. The zero-order chi connectivity index (χ0) is 21.3. The Bertz CT molecular complexity index is 1260. The van der Waals surface area contributed by atoms with Crippen molar-refractivity contribution in [3.05, 3.63) is 76.7 Å². The highest BCUT2D eigenvalue weighted by atomic mass is 32.1. The van der Waals surface area contributed by atoms with Crippen LogP contribution in [0.2, 0.25) is 0 Å². The first-order valence-corrected chi connectivity index (χ1v) is 10.0. The van der Waals surface area contributed by atoms with Crippen LogP contribution in [0, 0.1) is 12.7 Å². The quantitative estimate of drug-likeness (QED) is 0.307. The summed E-state index contributed by atoms with van der Waals surface area (Å²) in [7, 11) is 3.07. The number of methoxy groups -OCH3 is 2. The van der Waals surface area contributed by atoms with E-state index in [1.807, 2.05) is 17.5 Å². The Morgan fingerprint density at radius 2 is 1.83 bits per heavy atom. The molecule has 0 spiro atoms. The summed E-state index contributed by atoms with van der Waals surface area (Å²) in [5, 5.41) is 0. The molecule has 0 amide bonds. The van der Waals surface area contributed by atoms with Crippen LogP contribution in [-0.4, -0.2) is 29.4 Å². The molecule has 0 saturated carbocycles. The highest BCUT2D eigenvalue weighted by molar-refractivity contribution is 7.17. The van der Waals surface area contributed by atoms with Crippen molar-refractivity contribution < 1.29 is 18.7 Å². The van der Waals surface area contributed by atoms with Gasteiger partial charge >= 0.3 is 0 Å². The Hall–Kier alpha value is -3.45. The van der Waals surface area contributed by atoms with E-state index in [0.29, 0.717) is 22.8 Å². The molecule has 5 nitrogen and oxygen atoms in total. The first kappa shape index (κ1) is 19.8. The molecule has 0 saturated heterocycles. The highest BCUT2D eigenvalue weighted by Gasteiger charge is 2.15. The number of aromatic nitrogens is 2. The Balaban J connectivity index is 1.73. The first-order valence-electron chi connectivity index (χ1n) is 9.19. The average Bonchev–Trinajstić information content (AvgIpc) is 3.28. The Morgan fingerprint density at radius 3 is 2.53 bits per heavy atom. The van der Waals surface area contributed by atoms with E-state index in [4.69, 9.17) is 14.5 Å². The van der Waals surface area contributed by atoms with Gasteiger partial charge in [-0.25, -0.2) is 9.37 Å². The standard InChI is InChI=1S/C23H19FN2O3S/c1-14-13-26-18(22(25-23(26)30-14)15-4-7-17(24)8-5-15)9-10-19(27)16-6-11-20(28-2)21(12-16)29-3/h4-13H,1-3H3/b10-9+. The third kappa shape index (κ3) is 3.71. The Morgan fingerprint density at radius 1 is 1.10 bits per heavy atom. The van der Waals surface area contributed by atoms with E-state index in [1.165, 1.54) is 25.3 Å². The van der Waals surface area contributed by atoms with Gasteiger partial charge in [-0.1, -0.05) is 0 Å². The van der Waals surface area contributed by atoms with Gasteiger partial charge in [0.05, 0.1) is 25.6 Å². The van der Waals surface area contributed by atoms with E-state index in [1.54, 1.807) is 54.9 Å². The van der Waals surface area contributed by atoms with Crippen LogP contribution in [0.5, 0.6) is 11.5 Å². The number of fused-ring (bicyclic) bond motifs is 1. The fraction of sp³-hybridized carbons (Fsp3) is 0.130. The van der Waals surface area contributed by atoms with Gasteiger partial charge in [-0.05, 0) is 61.5 Å². The molecule has 2 aromatic carbocycles. The molecule has 0 atom stereocenters. The van der Waals surface area contributed by atoms with Gasteiger partial charge in [0, 0.05) is 22.2 Å². The Kier molecular flexibility index (Phi) is 5.37. The van der Waals surface area contributed by atoms with Gasteiger partial charge in [0.25, 0.3) is 0 Å². The molecule has 0 aliphatic rings. The van der Waals surface area contributed by atoms with Gasteiger partial charge < -0.3 is 9.47 Å². The van der Waals surface area contributed by atoms with E-state index in [2.05, 4.69) is 0 Å². The van der Waals surface area contributed by atoms with Crippen molar-refractivity contribution in [2.75, 3.05) is 14.2 Å². The summed E-state index contributed by atoms with van der Waals surface area (Å²) in [6.45, 7) is 2.00. The maximum absolute atomic E-state index is 13.4. The number of ether oxygens (including phenoxy) is 2. The molecule has 0 fully saturated rings. The molecule has 0 radical (unpaired) electrons. The summed E-state index contributed by atoms with van der Waals surface area (Å²) < 4.78 is 25.8. The fourth-order valence-electron chi connectivity index (χ4n) is 3.19. The zero-order valence-electron chi connectivity index (χ0n) is 16.7. The molecule has 30 heavy (non-hydrogen) atoms. The molecular weight excluding hydrogens is 403 g/mol. The normalized spacial score (nSPS) is 11.3. The molecule has 152 valence electrons. The van der Waals surface area contributed by atoms with Crippen LogP contribution in [0.3, 0.4) is 0 Å². The van der Waals surface area contributed by atoms with Crippen LogP contribution in [0.4, 0.5) is 4.39 Å². The van der Waals surface area contributed by atoms with Crippen LogP contribution >= 0.6 is 11.3 Å². The number of hydrogen-bond donors (Lipinski definition) is 0. The second-order valence-corrected chi connectivity index (χ2v) is 7.83. The number of thiazole rings is 1. The summed E-state index contributed by atoms with van der Waals surface area (Å²) in [5.74, 6) is 0.561. The van der Waals surface area contributed by atoms with Crippen molar-refractivity contribution in [3.8, 4) is 22.8 Å². The van der Waals surface area contributed by atoms with Crippen molar-refractivity contribution in [3.63, 3.8) is 0 Å².